The van der Waals surface area contributed by atoms with Crippen molar-refractivity contribution in [3.63, 3.8) is 0 Å². The Morgan fingerprint density at radius 2 is 1.17 bits per heavy atom. The molecular formula is H6Mg2O4. The first-order valence-electron chi connectivity index (χ1n) is 0.532. The van der Waals surface area contributed by atoms with E-state index in [1.807, 2.05) is 0 Å². The molecule has 0 rings (SSSR count). The maximum atomic E-state index is 6.90. The van der Waals surface area contributed by atoms with E-state index in [4.69, 9.17) is 10.5 Å². The molecule has 0 radical (unpaired) electrons. The van der Waals surface area contributed by atoms with Crippen LogP contribution in [0.25, 0.3) is 0 Å². The first-order chi connectivity index (χ1) is 1.91. The summed E-state index contributed by atoms with van der Waals surface area (Å²) in [6.07, 6.45) is 0. The Hall–Kier alpha value is 1.37. The molecule has 0 aromatic heterocycles. The molecule has 0 saturated carbocycles. The fourth-order valence-corrected chi connectivity index (χ4v) is 0. The van der Waals surface area contributed by atoms with Crippen LogP contribution in [0.5, 0.6) is 0 Å². The number of rotatable bonds is 1. The van der Waals surface area contributed by atoms with Gasteiger partial charge in [0.25, 0.3) is 0 Å². The molecule has 0 amide bonds. The molecule has 0 aromatic rings. The zero-order valence-electron chi connectivity index (χ0n) is 7.13. The van der Waals surface area contributed by atoms with E-state index >= 15 is 0 Å². The van der Waals surface area contributed by atoms with Crippen LogP contribution in [0.15, 0.2) is 0 Å². The smallest absolute Gasteiger partial charge is 1.00 e. The minimum Gasteiger partial charge on any atom is -1.00 e. The summed E-state index contributed by atoms with van der Waals surface area (Å²) in [7, 11) is 0. The molecule has 0 aliphatic heterocycles. The molecular weight excluding hydrogens is 113 g/mol. The van der Waals surface area contributed by atoms with Crippen LogP contribution in [-0.4, -0.2) is 56.6 Å². The number of hydrogen-bond donors (Lipinski definition) is 2. The molecule has 0 aliphatic carbocycles. The normalized spacial score (nSPS) is 5.00. The molecule has 0 aromatic carbocycles. The van der Waals surface area contributed by atoms with Gasteiger partial charge in [-0.2, -0.15) is 0 Å². The molecule has 0 unspecified atom stereocenters. The molecule has 0 fully saturated rings. The Kier molecular flexibility index (Phi) is 42.2. The van der Waals surface area contributed by atoms with Gasteiger partial charge in [-0.15, -0.1) is 0 Å². The Morgan fingerprint density at radius 3 is 1.17 bits per heavy atom. The predicted octanol–water partition coefficient (Wildman–Crippen LogP) is -0.431. The predicted molar refractivity (Wildman–Crippen MR) is 23.4 cm³/mol. The van der Waals surface area contributed by atoms with Crippen LogP contribution in [0.4, 0.5) is 0 Å². The van der Waals surface area contributed by atoms with Gasteiger partial charge in [0.05, 0.1) is 0 Å². The van der Waals surface area contributed by atoms with E-state index in [0.717, 1.165) is 0 Å². The summed E-state index contributed by atoms with van der Waals surface area (Å²) in [5.74, 6) is 0. The fraction of sp³-hybridized carbons (Fsp3) is 0. The van der Waals surface area contributed by atoms with Crippen molar-refractivity contribution in [2.75, 3.05) is 0 Å². The first kappa shape index (κ1) is 15.7. The van der Waals surface area contributed by atoms with Crippen molar-refractivity contribution in [1.82, 2.24) is 0 Å². The van der Waals surface area contributed by atoms with E-state index in [-0.39, 0.29) is 51.8 Å². The standard InChI is InChI=1S/2Mg.H2O4.4H/c;;1-3-4-2;;;;/h;;1-2H;;;;/q2*+2;;4*-1. The van der Waals surface area contributed by atoms with Gasteiger partial charge in [0, 0.05) is 0 Å². The number of hydrogen-bond acceptors (Lipinski definition) is 4. The monoisotopic (exact) mass is 118 g/mol. The van der Waals surface area contributed by atoms with Gasteiger partial charge in [0.2, 0.25) is 0 Å². The summed E-state index contributed by atoms with van der Waals surface area (Å²) in [5.41, 5.74) is 0. The molecule has 6 heavy (non-hydrogen) atoms. The van der Waals surface area contributed by atoms with Gasteiger partial charge in [-0.1, -0.05) is 0 Å². The quantitative estimate of drug-likeness (QED) is 0.279. The topological polar surface area (TPSA) is 58.9 Å². The van der Waals surface area contributed by atoms with Crippen LogP contribution in [0, 0.1) is 0 Å². The third-order valence-corrected chi connectivity index (χ3v) is 0.0333. The second-order valence-electron chi connectivity index (χ2n) is 0.149. The molecule has 34 valence electrons. The minimum atomic E-state index is 0. The molecule has 0 saturated heterocycles. The van der Waals surface area contributed by atoms with Gasteiger partial charge in [0.1, 0.15) is 0 Å². The van der Waals surface area contributed by atoms with Gasteiger partial charge in [-0.3, -0.25) is 0 Å². The molecule has 0 atom stereocenters. The van der Waals surface area contributed by atoms with Crippen molar-refractivity contribution < 1.29 is 26.3 Å². The average molecular weight is 119 g/mol. The molecule has 0 aliphatic rings. The fourth-order valence-electron chi connectivity index (χ4n) is 0. The maximum Gasteiger partial charge on any atom is 2.00 e. The van der Waals surface area contributed by atoms with E-state index in [2.05, 4.69) is 10.1 Å². The maximum absolute atomic E-state index is 6.90. The summed E-state index contributed by atoms with van der Waals surface area (Å²) < 4.78 is 0. The zero-order valence-corrected chi connectivity index (χ0v) is 5.95. The van der Waals surface area contributed by atoms with Crippen molar-refractivity contribution in [3.05, 3.63) is 0 Å². The molecule has 4 nitrogen and oxygen atoms in total. The van der Waals surface area contributed by atoms with Crippen molar-refractivity contribution in [2.24, 2.45) is 0 Å². The SMILES string of the molecule is OOOO.[H-].[H-].[H-].[H-].[Mg+2].[Mg+2]. The molecule has 0 heterocycles. The Labute approximate surface area is 72.5 Å². The van der Waals surface area contributed by atoms with Crippen molar-refractivity contribution in [3.8, 4) is 0 Å². The molecule has 0 bridgehead atoms. The van der Waals surface area contributed by atoms with Crippen LogP contribution in [-0.2, 0) is 10.1 Å². The van der Waals surface area contributed by atoms with Gasteiger partial charge < -0.3 is 5.71 Å². The Bertz CT molecular complexity index is 17.2. The summed E-state index contributed by atoms with van der Waals surface area (Å²) in [5, 5.41) is 19.0. The zero-order chi connectivity index (χ0) is 3.41. The van der Waals surface area contributed by atoms with Crippen molar-refractivity contribution in [1.29, 1.82) is 0 Å². The third kappa shape index (κ3) is 18.2. The van der Waals surface area contributed by atoms with Crippen LogP contribution in [0.3, 0.4) is 0 Å². The van der Waals surface area contributed by atoms with Gasteiger partial charge in [-0.25, -0.2) is 10.5 Å². The van der Waals surface area contributed by atoms with Crippen LogP contribution < -0.4 is 0 Å². The minimum absolute atomic E-state index is 0. The van der Waals surface area contributed by atoms with Gasteiger partial charge in [0.15, 0.2) is 0 Å². The van der Waals surface area contributed by atoms with Crippen molar-refractivity contribution in [2.45, 2.75) is 0 Å². The molecule has 6 heteroatoms. The van der Waals surface area contributed by atoms with Gasteiger partial charge in [-0.05, 0) is 10.1 Å². The van der Waals surface area contributed by atoms with Crippen molar-refractivity contribution >= 4 is 46.1 Å². The first-order valence-corrected chi connectivity index (χ1v) is 0.532. The van der Waals surface area contributed by atoms with Gasteiger partial charge >= 0.3 is 46.1 Å². The van der Waals surface area contributed by atoms with E-state index in [9.17, 15) is 0 Å². The third-order valence-electron chi connectivity index (χ3n) is 0.0333. The Morgan fingerprint density at radius 1 is 1.00 bits per heavy atom. The second kappa shape index (κ2) is 16.2. The summed E-state index contributed by atoms with van der Waals surface area (Å²) >= 11 is 0. The molecule has 2 N–H and O–H groups in total. The summed E-state index contributed by atoms with van der Waals surface area (Å²) in [6.45, 7) is 0. The summed E-state index contributed by atoms with van der Waals surface area (Å²) in [6, 6.07) is 0. The van der Waals surface area contributed by atoms with Crippen LogP contribution >= 0.6 is 0 Å². The van der Waals surface area contributed by atoms with Crippen LogP contribution in [0.2, 0.25) is 0 Å². The van der Waals surface area contributed by atoms with E-state index in [0.29, 0.717) is 0 Å². The Balaban J connectivity index is -0.00000000300. The molecule has 0 spiro atoms. The second-order valence-corrected chi connectivity index (χ2v) is 0.149. The van der Waals surface area contributed by atoms with E-state index in [1.165, 1.54) is 0 Å². The van der Waals surface area contributed by atoms with E-state index in [1.54, 1.807) is 0 Å². The summed E-state index contributed by atoms with van der Waals surface area (Å²) in [4.78, 5) is 0. The van der Waals surface area contributed by atoms with E-state index < -0.39 is 0 Å². The average Bonchev–Trinajstić information content (AvgIpc) is 1.37. The largest absolute Gasteiger partial charge is 2.00 e. The van der Waals surface area contributed by atoms with Crippen LogP contribution in [0.1, 0.15) is 5.71 Å².